The SMILES string of the molecule is CCN1c2c(cccc2C(C)(C)O)CC1C. The topological polar surface area (TPSA) is 23.5 Å². The van der Waals surface area contributed by atoms with Gasteiger partial charge in [-0.1, -0.05) is 18.2 Å². The van der Waals surface area contributed by atoms with E-state index < -0.39 is 5.60 Å². The molecule has 0 aromatic heterocycles. The summed E-state index contributed by atoms with van der Waals surface area (Å²) >= 11 is 0. The lowest BCUT2D eigenvalue weighted by molar-refractivity contribution is 0.0790. The number of anilines is 1. The van der Waals surface area contributed by atoms with Gasteiger partial charge in [0.15, 0.2) is 0 Å². The highest BCUT2D eigenvalue weighted by Crippen LogP contribution is 2.39. The van der Waals surface area contributed by atoms with Crippen LogP contribution in [0.2, 0.25) is 0 Å². The summed E-state index contributed by atoms with van der Waals surface area (Å²) in [5, 5.41) is 10.2. The molecule has 1 aromatic carbocycles. The quantitative estimate of drug-likeness (QED) is 0.826. The van der Waals surface area contributed by atoms with Crippen LogP contribution in [0.3, 0.4) is 0 Å². The van der Waals surface area contributed by atoms with E-state index in [1.165, 1.54) is 11.3 Å². The van der Waals surface area contributed by atoms with E-state index >= 15 is 0 Å². The first-order valence-electron chi connectivity index (χ1n) is 6.06. The summed E-state index contributed by atoms with van der Waals surface area (Å²) in [6.45, 7) is 9.14. The molecule has 88 valence electrons. The van der Waals surface area contributed by atoms with Gasteiger partial charge in [-0.3, -0.25) is 0 Å². The molecule has 1 heterocycles. The van der Waals surface area contributed by atoms with Crippen LogP contribution in [-0.2, 0) is 12.0 Å². The number of hydrogen-bond donors (Lipinski definition) is 1. The van der Waals surface area contributed by atoms with Crippen LogP contribution in [0.4, 0.5) is 5.69 Å². The molecule has 1 unspecified atom stereocenters. The third-order valence-electron chi connectivity index (χ3n) is 3.45. The first kappa shape index (κ1) is 11.5. The Hall–Kier alpha value is -1.02. The van der Waals surface area contributed by atoms with E-state index in [1.54, 1.807) is 0 Å². The number of aliphatic hydroxyl groups is 1. The largest absolute Gasteiger partial charge is 0.386 e. The monoisotopic (exact) mass is 219 g/mol. The molecule has 1 atom stereocenters. The molecule has 0 fully saturated rings. The predicted octanol–water partition coefficient (Wildman–Crippen LogP) is 2.68. The van der Waals surface area contributed by atoms with Crippen LogP contribution in [-0.4, -0.2) is 17.7 Å². The lowest BCUT2D eigenvalue weighted by Crippen LogP contribution is -2.31. The molecule has 2 rings (SSSR count). The Kier molecular flexibility index (Phi) is 2.70. The summed E-state index contributed by atoms with van der Waals surface area (Å²) < 4.78 is 0. The molecule has 0 saturated heterocycles. The average Bonchev–Trinajstić information content (AvgIpc) is 2.51. The Morgan fingerprint density at radius 1 is 1.44 bits per heavy atom. The summed E-state index contributed by atoms with van der Waals surface area (Å²) in [5.74, 6) is 0. The van der Waals surface area contributed by atoms with Gasteiger partial charge < -0.3 is 10.0 Å². The summed E-state index contributed by atoms with van der Waals surface area (Å²) in [6, 6.07) is 6.82. The summed E-state index contributed by atoms with van der Waals surface area (Å²) in [7, 11) is 0. The highest BCUT2D eigenvalue weighted by Gasteiger charge is 2.31. The van der Waals surface area contributed by atoms with Crippen molar-refractivity contribution in [3.8, 4) is 0 Å². The Morgan fingerprint density at radius 3 is 2.69 bits per heavy atom. The van der Waals surface area contributed by atoms with Crippen LogP contribution in [0.15, 0.2) is 18.2 Å². The van der Waals surface area contributed by atoms with Crippen LogP contribution < -0.4 is 4.90 Å². The molecule has 0 radical (unpaired) electrons. The zero-order valence-corrected chi connectivity index (χ0v) is 10.6. The second-order valence-electron chi connectivity index (χ2n) is 5.21. The number of hydrogen-bond acceptors (Lipinski definition) is 2. The van der Waals surface area contributed by atoms with Crippen molar-refractivity contribution in [3.05, 3.63) is 29.3 Å². The van der Waals surface area contributed by atoms with E-state index in [1.807, 2.05) is 19.9 Å². The third kappa shape index (κ3) is 1.71. The molecule has 0 aliphatic carbocycles. The molecule has 0 amide bonds. The fourth-order valence-electron chi connectivity index (χ4n) is 2.71. The first-order chi connectivity index (χ1) is 7.45. The van der Waals surface area contributed by atoms with E-state index in [0.29, 0.717) is 6.04 Å². The van der Waals surface area contributed by atoms with Gasteiger partial charge in [0.05, 0.1) is 5.60 Å². The molecule has 0 spiro atoms. The number of benzene rings is 1. The molecule has 1 aromatic rings. The van der Waals surface area contributed by atoms with E-state index in [9.17, 15) is 5.11 Å². The fraction of sp³-hybridized carbons (Fsp3) is 0.571. The van der Waals surface area contributed by atoms with Crippen molar-refractivity contribution in [1.29, 1.82) is 0 Å². The molecule has 16 heavy (non-hydrogen) atoms. The smallest absolute Gasteiger partial charge is 0.0860 e. The van der Waals surface area contributed by atoms with E-state index in [0.717, 1.165) is 18.5 Å². The van der Waals surface area contributed by atoms with Gasteiger partial charge in [0.1, 0.15) is 0 Å². The second kappa shape index (κ2) is 3.77. The van der Waals surface area contributed by atoms with Gasteiger partial charge in [-0.15, -0.1) is 0 Å². The highest BCUT2D eigenvalue weighted by molar-refractivity contribution is 5.65. The molecule has 1 N–H and O–H groups in total. The van der Waals surface area contributed by atoms with Crippen molar-refractivity contribution in [2.45, 2.75) is 45.8 Å². The van der Waals surface area contributed by atoms with E-state index in [4.69, 9.17) is 0 Å². The van der Waals surface area contributed by atoms with Gasteiger partial charge in [-0.05, 0) is 39.7 Å². The molecular formula is C14H21NO. The van der Waals surface area contributed by atoms with Crippen molar-refractivity contribution in [3.63, 3.8) is 0 Å². The zero-order chi connectivity index (χ0) is 11.9. The van der Waals surface area contributed by atoms with Gasteiger partial charge in [-0.25, -0.2) is 0 Å². The number of rotatable bonds is 2. The van der Waals surface area contributed by atoms with Crippen LogP contribution in [0.25, 0.3) is 0 Å². The molecule has 0 saturated carbocycles. The number of para-hydroxylation sites is 1. The lowest BCUT2D eigenvalue weighted by atomic mass is 9.94. The van der Waals surface area contributed by atoms with Gasteiger partial charge in [0.2, 0.25) is 0 Å². The molecular weight excluding hydrogens is 198 g/mol. The summed E-state index contributed by atoms with van der Waals surface area (Å²) in [4.78, 5) is 2.39. The van der Waals surface area contributed by atoms with Crippen LogP contribution >= 0.6 is 0 Å². The minimum Gasteiger partial charge on any atom is -0.386 e. The number of nitrogens with zero attached hydrogens (tertiary/aromatic N) is 1. The van der Waals surface area contributed by atoms with Gasteiger partial charge in [-0.2, -0.15) is 0 Å². The van der Waals surface area contributed by atoms with Crippen LogP contribution in [0.1, 0.15) is 38.8 Å². The molecule has 0 bridgehead atoms. The molecule has 1 aliphatic rings. The summed E-state index contributed by atoms with van der Waals surface area (Å²) in [6.07, 6.45) is 1.09. The standard InChI is InChI=1S/C14H21NO/c1-5-15-10(2)9-11-7-6-8-12(13(11)15)14(3,4)16/h6-8,10,16H,5,9H2,1-4H3. The van der Waals surface area contributed by atoms with Gasteiger partial charge in [0, 0.05) is 23.8 Å². The van der Waals surface area contributed by atoms with Crippen molar-refractivity contribution in [1.82, 2.24) is 0 Å². The van der Waals surface area contributed by atoms with E-state index in [-0.39, 0.29) is 0 Å². The predicted molar refractivity (Wildman–Crippen MR) is 67.9 cm³/mol. The van der Waals surface area contributed by atoms with Gasteiger partial charge in [0.25, 0.3) is 0 Å². The minimum absolute atomic E-state index is 0.545. The van der Waals surface area contributed by atoms with Gasteiger partial charge >= 0.3 is 0 Å². The number of likely N-dealkylation sites (N-methyl/N-ethyl adjacent to an activating group) is 1. The minimum atomic E-state index is -0.761. The number of fused-ring (bicyclic) bond motifs is 1. The molecule has 2 nitrogen and oxygen atoms in total. The summed E-state index contributed by atoms with van der Waals surface area (Å²) in [5.41, 5.74) is 2.92. The normalized spacial score (nSPS) is 20.1. The highest BCUT2D eigenvalue weighted by atomic mass is 16.3. The maximum absolute atomic E-state index is 10.2. The molecule has 2 heteroatoms. The second-order valence-corrected chi connectivity index (χ2v) is 5.21. The van der Waals surface area contributed by atoms with E-state index in [2.05, 4.69) is 30.9 Å². The fourth-order valence-corrected chi connectivity index (χ4v) is 2.71. The van der Waals surface area contributed by atoms with Crippen LogP contribution in [0, 0.1) is 0 Å². The van der Waals surface area contributed by atoms with Crippen molar-refractivity contribution >= 4 is 5.69 Å². The van der Waals surface area contributed by atoms with Crippen molar-refractivity contribution in [2.24, 2.45) is 0 Å². The Balaban J connectivity index is 2.56. The Morgan fingerprint density at radius 2 is 2.12 bits per heavy atom. The van der Waals surface area contributed by atoms with Crippen molar-refractivity contribution < 1.29 is 5.11 Å². The Labute approximate surface area is 97.9 Å². The third-order valence-corrected chi connectivity index (χ3v) is 3.45. The lowest BCUT2D eigenvalue weighted by Gasteiger charge is -2.29. The zero-order valence-electron chi connectivity index (χ0n) is 10.6. The molecule has 1 aliphatic heterocycles. The first-order valence-corrected chi connectivity index (χ1v) is 6.06. The maximum atomic E-state index is 10.2. The van der Waals surface area contributed by atoms with Crippen molar-refractivity contribution in [2.75, 3.05) is 11.4 Å². The Bertz CT molecular complexity index is 392. The maximum Gasteiger partial charge on any atom is 0.0860 e. The average molecular weight is 219 g/mol. The van der Waals surface area contributed by atoms with Crippen LogP contribution in [0.5, 0.6) is 0 Å².